The summed E-state index contributed by atoms with van der Waals surface area (Å²) in [6.45, 7) is 1.42. The number of anilines is 2. The summed E-state index contributed by atoms with van der Waals surface area (Å²) in [7, 11) is 1.72. The van der Waals surface area contributed by atoms with Gasteiger partial charge in [0.05, 0.1) is 6.61 Å². The van der Waals surface area contributed by atoms with Gasteiger partial charge in [-0.15, -0.1) is 0 Å². The van der Waals surface area contributed by atoms with E-state index in [0.717, 1.165) is 11.5 Å². The summed E-state index contributed by atoms with van der Waals surface area (Å²) in [5.74, 6) is 1.32. The molecule has 2 aromatic rings. The number of ether oxygens (including phenoxy) is 1. The zero-order valence-electron chi connectivity index (χ0n) is 11.6. The van der Waals surface area contributed by atoms with Crippen LogP contribution in [-0.2, 0) is 17.9 Å². The number of nitrogens with two attached hydrogens (primary N) is 1. The molecule has 0 spiro atoms. The molecule has 4 nitrogen and oxygen atoms in total. The van der Waals surface area contributed by atoms with E-state index in [4.69, 9.17) is 10.5 Å². The second kappa shape index (κ2) is 5.81. The SMILES string of the molecule is COCc1ccccc1CNc1snc(N)c1C1CC1. The van der Waals surface area contributed by atoms with E-state index in [1.165, 1.54) is 41.1 Å². The highest BCUT2D eigenvalue weighted by molar-refractivity contribution is 7.10. The quantitative estimate of drug-likeness (QED) is 0.856. The minimum absolute atomic E-state index is 0.616. The highest BCUT2D eigenvalue weighted by atomic mass is 32.1. The van der Waals surface area contributed by atoms with Gasteiger partial charge < -0.3 is 15.8 Å². The summed E-state index contributed by atoms with van der Waals surface area (Å²) in [4.78, 5) is 0. The molecule has 1 aliphatic rings. The second-order valence-corrected chi connectivity index (χ2v) is 5.91. The van der Waals surface area contributed by atoms with E-state index >= 15 is 0 Å². The molecule has 1 aromatic heterocycles. The normalized spacial score (nSPS) is 14.4. The van der Waals surface area contributed by atoms with Gasteiger partial charge in [0, 0.05) is 19.2 Å². The van der Waals surface area contributed by atoms with Gasteiger partial charge in [0.2, 0.25) is 0 Å². The Morgan fingerprint density at radius 2 is 2.10 bits per heavy atom. The molecule has 0 unspecified atom stereocenters. The molecule has 20 heavy (non-hydrogen) atoms. The number of nitrogens with one attached hydrogen (secondary N) is 1. The van der Waals surface area contributed by atoms with Crippen LogP contribution >= 0.6 is 11.5 Å². The third-order valence-electron chi connectivity index (χ3n) is 3.60. The van der Waals surface area contributed by atoms with E-state index in [1.54, 1.807) is 7.11 Å². The predicted octanol–water partition coefficient (Wildman–Crippen LogP) is 3.36. The first-order valence-electron chi connectivity index (χ1n) is 6.84. The highest BCUT2D eigenvalue weighted by Crippen LogP contribution is 2.47. The molecule has 3 N–H and O–H groups in total. The van der Waals surface area contributed by atoms with Gasteiger partial charge in [0.1, 0.15) is 10.8 Å². The minimum Gasteiger partial charge on any atom is -0.383 e. The lowest BCUT2D eigenvalue weighted by Gasteiger charge is -2.10. The molecule has 1 fully saturated rings. The third kappa shape index (κ3) is 2.78. The maximum absolute atomic E-state index is 5.97. The largest absolute Gasteiger partial charge is 0.383 e. The van der Waals surface area contributed by atoms with Crippen LogP contribution < -0.4 is 11.1 Å². The zero-order valence-corrected chi connectivity index (χ0v) is 12.4. The van der Waals surface area contributed by atoms with E-state index in [1.807, 2.05) is 6.07 Å². The Bertz CT molecular complexity index is 593. The van der Waals surface area contributed by atoms with Crippen LogP contribution in [0.15, 0.2) is 24.3 Å². The van der Waals surface area contributed by atoms with Gasteiger partial charge in [-0.05, 0) is 41.4 Å². The van der Waals surface area contributed by atoms with Gasteiger partial charge in [0.15, 0.2) is 0 Å². The Labute approximate surface area is 123 Å². The number of aromatic nitrogens is 1. The topological polar surface area (TPSA) is 60.2 Å². The number of methoxy groups -OCH3 is 1. The van der Waals surface area contributed by atoms with Crippen molar-refractivity contribution in [2.45, 2.75) is 31.9 Å². The number of nitrogens with zero attached hydrogens (tertiary/aromatic N) is 1. The summed E-state index contributed by atoms with van der Waals surface area (Å²) in [6.07, 6.45) is 2.47. The molecular formula is C15H19N3OS. The molecule has 1 saturated carbocycles. The fourth-order valence-corrected chi connectivity index (χ4v) is 3.20. The number of hydrogen-bond donors (Lipinski definition) is 2. The minimum atomic E-state index is 0.616. The van der Waals surface area contributed by atoms with Crippen LogP contribution in [-0.4, -0.2) is 11.5 Å². The Morgan fingerprint density at radius 1 is 1.35 bits per heavy atom. The number of nitrogen functional groups attached to an aromatic ring is 1. The molecule has 0 atom stereocenters. The van der Waals surface area contributed by atoms with Gasteiger partial charge in [-0.25, -0.2) is 0 Å². The summed E-state index contributed by atoms with van der Waals surface area (Å²) >= 11 is 1.47. The van der Waals surface area contributed by atoms with Crippen molar-refractivity contribution in [3.63, 3.8) is 0 Å². The molecule has 0 saturated heterocycles. The summed E-state index contributed by atoms with van der Waals surface area (Å²) in [6, 6.07) is 8.32. The van der Waals surface area contributed by atoms with Gasteiger partial charge >= 0.3 is 0 Å². The first-order chi connectivity index (χ1) is 9.79. The van der Waals surface area contributed by atoms with Crippen LogP contribution in [0.25, 0.3) is 0 Å². The monoisotopic (exact) mass is 289 g/mol. The second-order valence-electron chi connectivity index (χ2n) is 5.14. The number of rotatable bonds is 6. The van der Waals surface area contributed by atoms with E-state index in [2.05, 4.69) is 27.9 Å². The summed E-state index contributed by atoms with van der Waals surface area (Å²) in [5.41, 5.74) is 9.66. The standard InChI is InChI=1S/C15H19N3OS/c1-19-9-12-5-3-2-4-11(12)8-17-15-13(10-6-7-10)14(16)18-20-15/h2-5,10,17H,6-9H2,1H3,(H2,16,18). The van der Waals surface area contributed by atoms with Crippen molar-refractivity contribution in [3.05, 3.63) is 41.0 Å². The maximum atomic E-state index is 5.97. The maximum Gasteiger partial charge on any atom is 0.142 e. The lowest BCUT2D eigenvalue weighted by atomic mass is 10.1. The molecule has 3 rings (SSSR count). The Kier molecular flexibility index (Phi) is 3.89. The van der Waals surface area contributed by atoms with Crippen LogP contribution in [0, 0.1) is 0 Å². The molecule has 0 bridgehead atoms. The molecule has 0 radical (unpaired) electrons. The third-order valence-corrected chi connectivity index (χ3v) is 4.43. The van der Waals surface area contributed by atoms with Crippen molar-refractivity contribution in [2.75, 3.05) is 18.2 Å². The van der Waals surface area contributed by atoms with Crippen LogP contribution in [0.3, 0.4) is 0 Å². The molecule has 1 aliphatic carbocycles. The Morgan fingerprint density at radius 3 is 2.80 bits per heavy atom. The van der Waals surface area contributed by atoms with Crippen LogP contribution in [0.4, 0.5) is 10.8 Å². The molecule has 0 amide bonds. The fraction of sp³-hybridized carbons (Fsp3) is 0.400. The van der Waals surface area contributed by atoms with Crippen molar-refractivity contribution in [1.82, 2.24) is 4.37 Å². The van der Waals surface area contributed by atoms with Crippen LogP contribution in [0.5, 0.6) is 0 Å². The van der Waals surface area contributed by atoms with Gasteiger partial charge in [-0.1, -0.05) is 24.3 Å². The van der Waals surface area contributed by atoms with Crippen molar-refractivity contribution in [2.24, 2.45) is 0 Å². The average molecular weight is 289 g/mol. The first kappa shape index (κ1) is 13.4. The molecular weight excluding hydrogens is 270 g/mol. The smallest absolute Gasteiger partial charge is 0.142 e. The molecule has 106 valence electrons. The van der Waals surface area contributed by atoms with Crippen LogP contribution in [0.2, 0.25) is 0 Å². The zero-order chi connectivity index (χ0) is 13.9. The molecule has 5 heteroatoms. The van der Waals surface area contributed by atoms with Crippen LogP contribution in [0.1, 0.15) is 35.4 Å². The fourth-order valence-electron chi connectivity index (χ4n) is 2.41. The highest BCUT2D eigenvalue weighted by Gasteiger charge is 2.30. The Balaban J connectivity index is 1.73. The van der Waals surface area contributed by atoms with E-state index in [0.29, 0.717) is 18.3 Å². The average Bonchev–Trinajstić information content (AvgIpc) is 3.22. The number of hydrogen-bond acceptors (Lipinski definition) is 5. The lowest BCUT2D eigenvalue weighted by molar-refractivity contribution is 0.184. The van der Waals surface area contributed by atoms with Crippen molar-refractivity contribution in [1.29, 1.82) is 0 Å². The van der Waals surface area contributed by atoms with Crippen molar-refractivity contribution < 1.29 is 4.74 Å². The summed E-state index contributed by atoms with van der Waals surface area (Å²) in [5, 5.41) is 4.61. The number of benzene rings is 1. The molecule has 0 aliphatic heterocycles. The van der Waals surface area contributed by atoms with Gasteiger partial charge in [0.25, 0.3) is 0 Å². The van der Waals surface area contributed by atoms with Crippen molar-refractivity contribution in [3.8, 4) is 0 Å². The Hall–Kier alpha value is -1.59. The lowest BCUT2D eigenvalue weighted by Crippen LogP contribution is -2.04. The predicted molar refractivity (Wildman–Crippen MR) is 83.0 cm³/mol. The van der Waals surface area contributed by atoms with Gasteiger partial charge in [-0.2, -0.15) is 4.37 Å². The van der Waals surface area contributed by atoms with E-state index < -0.39 is 0 Å². The van der Waals surface area contributed by atoms with E-state index in [-0.39, 0.29) is 0 Å². The van der Waals surface area contributed by atoms with Gasteiger partial charge in [-0.3, -0.25) is 0 Å². The first-order valence-corrected chi connectivity index (χ1v) is 7.61. The van der Waals surface area contributed by atoms with Crippen molar-refractivity contribution >= 4 is 22.4 Å². The molecule has 1 aromatic carbocycles. The van der Waals surface area contributed by atoms with E-state index in [9.17, 15) is 0 Å². The molecule has 1 heterocycles. The summed E-state index contributed by atoms with van der Waals surface area (Å²) < 4.78 is 9.52.